The largest absolute Gasteiger partial charge is 0.325 e. The van der Waals surface area contributed by atoms with Crippen LogP contribution >= 0.6 is 0 Å². The summed E-state index contributed by atoms with van der Waals surface area (Å²) in [7, 11) is 0. The molecule has 1 amide bonds. The summed E-state index contributed by atoms with van der Waals surface area (Å²) in [6.45, 7) is 4.10. The van der Waals surface area contributed by atoms with Gasteiger partial charge in [-0.3, -0.25) is 4.79 Å². The summed E-state index contributed by atoms with van der Waals surface area (Å²) in [6.07, 6.45) is 1.37. The van der Waals surface area contributed by atoms with Crippen molar-refractivity contribution in [1.82, 2.24) is 20.6 Å². The smallest absolute Gasteiger partial charge is 0.235 e. The van der Waals surface area contributed by atoms with Gasteiger partial charge in [-0.2, -0.15) is 5.21 Å². The second-order valence-corrected chi connectivity index (χ2v) is 5.95. The van der Waals surface area contributed by atoms with Crippen molar-refractivity contribution in [2.24, 2.45) is 0 Å². The van der Waals surface area contributed by atoms with Gasteiger partial charge in [-0.25, -0.2) is 0 Å². The van der Waals surface area contributed by atoms with Crippen molar-refractivity contribution in [3.05, 3.63) is 71.0 Å². The maximum absolute atomic E-state index is 13.0. The van der Waals surface area contributed by atoms with Crippen molar-refractivity contribution in [1.29, 1.82) is 0 Å². The lowest BCUT2D eigenvalue weighted by Crippen LogP contribution is -2.25. The Hall–Kier alpha value is -3.02. The molecule has 2 aromatic carbocycles. The number of para-hydroxylation sites is 1. The lowest BCUT2D eigenvalue weighted by molar-refractivity contribution is -0.117. The zero-order valence-electron chi connectivity index (χ0n) is 14.4. The third-order valence-corrected chi connectivity index (χ3v) is 4.33. The van der Waals surface area contributed by atoms with Gasteiger partial charge in [0.2, 0.25) is 5.91 Å². The molecule has 0 saturated heterocycles. The number of anilines is 1. The number of carbonyl (C=O) groups is 1. The topological polar surface area (TPSA) is 83.6 Å². The zero-order chi connectivity index (χ0) is 17.6. The Bertz CT molecular complexity index is 845. The van der Waals surface area contributed by atoms with Gasteiger partial charge in [-0.1, -0.05) is 54.6 Å². The maximum Gasteiger partial charge on any atom is 0.235 e. The van der Waals surface area contributed by atoms with E-state index in [2.05, 4.69) is 32.9 Å². The SMILES string of the molecule is CCc1ccccc1NC(=O)C(Cc1ccccc1C)c1nn[nH]n1. The number of benzene rings is 2. The van der Waals surface area contributed by atoms with Gasteiger partial charge in [0.05, 0.1) is 0 Å². The summed E-state index contributed by atoms with van der Waals surface area (Å²) in [5, 5.41) is 17.2. The van der Waals surface area contributed by atoms with Gasteiger partial charge in [-0.05, 0) is 42.5 Å². The number of aromatic nitrogens is 4. The number of carbonyl (C=O) groups excluding carboxylic acids is 1. The minimum atomic E-state index is -0.509. The highest BCUT2D eigenvalue weighted by Crippen LogP contribution is 2.23. The first kappa shape index (κ1) is 16.8. The Kier molecular flexibility index (Phi) is 5.18. The van der Waals surface area contributed by atoms with Gasteiger partial charge in [0.25, 0.3) is 0 Å². The number of tetrazole rings is 1. The molecule has 1 atom stereocenters. The molecule has 0 aliphatic rings. The summed E-state index contributed by atoms with van der Waals surface area (Å²) >= 11 is 0. The Labute approximate surface area is 146 Å². The molecule has 0 bridgehead atoms. The lowest BCUT2D eigenvalue weighted by atomic mass is 9.94. The number of amides is 1. The van der Waals surface area contributed by atoms with E-state index in [0.29, 0.717) is 12.2 Å². The number of aromatic amines is 1. The van der Waals surface area contributed by atoms with E-state index in [1.807, 2.05) is 55.5 Å². The van der Waals surface area contributed by atoms with Crippen molar-refractivity contribution in [2.45, 2.75) is 32.6 Å². The molecule has 0 fully saturated rings. The number of aryl methyl sites for hydroxylation is 2. The van der Waals surface area contributed by atoms with Crippen LogP contribution < -0.4 is 5.32 Å². The number of nitrogens with zero attached hydrogens (tertiary/aromatic N) is 3. The van der Waals surface area contributed by atoms with Gasteiger partial charge >= 0.3 is 0 Å². The third-order valence-electron chi connectivity index (χ3n) is 4.33. The molecular weight excluding hydrogens is 314 g/mol. The summed E-state index contributed by atoms with van der Waals surface area (Å²) in [5.74, 6) is -0.245. The molecule has 1 unspecified atom stereocenters. The fourth-order valence-electron chi connectivity index (χ4n) is 2.85. The molecule has 6 heteroatoms. The van der Waals surface area contributed by atoms with Gasteiger partial charge < -0.3 is 5.32 Å². The van der Waals surface area contributed by atoms with Crippen molar-refractivity contribution in [3.63, 3.8) is 0 Å². The number of nitrogens with one attached hydrogen (secondary N) is 2. The highest BCUT2D eigenvalue weighted by atomic mass is 16.1. The van der Waals surface area contributed by atoms with Crippen molar-refractivity contribution >= 4 is 11.6 Å². The van der Waals surface area contributed by atoms with Gasteiger partial charge in [0.15, 0.2) is 5.82 Å². The second kappa shape index (κ2) is 7.70. The Morgan fingerprint density at radius 1 is 1.12 bits per heavy atom. The summed E-state index contributed by atoms with van der Waals surface area (Å²) in [5.41, 5.74) is 4.15. The van der Waals surface area contributed by atoms with Crippen LogP contribution in [-0.4, -0.2) is 26.5 Å². The van der Waals surface area contributed by atoms with Crippen LogP contribution in [0.2, 0.25) is 0 Å². The molecule has 0 aliphatic carbocycles. The van der Waals surface area contributed by atoms with Crippen molar-refractivity contribution in [3.8, 4) is 0 Å². The molecule has 0 spiro atoms. The van der Waals surface area contributed by atoms with E-state index in [9.17, 15) is 4.79 Å². The molecule has 0 aliphatic heterocycles. The normalized spacial score (nSPS) is 11.9. The van der Waals surface area contributed by atoms with E-state index in [0.717, 1.165) is 28.8 Å². The maximum atomic E-state index is 13.0. The van der Waals surface area contributed by atoms with Crippen LogP contribution in [0.15, 0.2) is 48.5 Å². The van der Waals surface area contributed by atoms with Crippen LogP contribution in [-0.2, 0) is 17.6 Å². The average molecular weight is 335 g/mol. The Balaban J connectivity index is 1.87. The Morgan fingerprint density at radius 2 is 1.84 bits per heavy atom. The van der Waals surface area contributed by atoms with Crippen molar-refractivity contribution < 1.29 is 4.79 Å². The molecule has 1 aromatic heterocycles. The minimum absolute atomic E-state index is 0.134. The monoisotopic (exact) mass is 335 g/mol. The average Bonchev–Trinajstić information content (AvgIpc) is 3.15. The summed E-state index contributed by atoms with van der Waals surface area (Å²) in [4.78, 5) is 13.0. The fraction of sp³-hybridized carbons (Fsp3) is 0.263. The van der Waals surface area contributed by atoms with Crippen LogP contribution in [0, 0.1) is 6.92 Å². The number of H-pyrrole nitrogens is 1. The summed E-state index contributed by atoms with van der Waals surface area (Å²) < 4.78 is 0. The lowest BCUT2D eigenvalue weighted by Gasteiger charge is -2.16. The van der Waals surface area contributed by atoms with Crippen LogP contribution in [0.1, 0.15) is 35.4 Å². The quantitative estimate of drug-likeness (QED) is 0.725. The zero-order valence-corrected chi connectivity index (χ0v) is 14.4. The summed E-state index contributed by atoms with van der Waals surface area (Å²) in [6, 6.07) is 15.8. The molecular formula is C19H21N5O. The van der Waals surface area contributed by atoms with E-state index in [4.69, 9.17) is 0 Å². The fourth-order valence-corrected chi connectivity index (χ4v) is 2.85. The van der Waals surface area contributed by atoms with Crippen LogP contribution in [0.5, 0.6) is 0 Å². The second-order valence-electron chi connectivity index (χ2n) is 5.95. The highest BCUT2D eigenvalue weighted by molar-refractivity contribution is 5.96. The van der Waals surface area contributed by atoms with E-state index < -0.39 is 5.92 Å². The number of hydrogen-bond donors (Lipinski definition) is 2. The molecule has 0 saturated carbocycles. The molecule has 6 nitrogen and oxygen atoms in total. The first-order chi connectivity index (χ1) is 12.2. The van der Waals surface area contributed by atoms with Gasteiger partial charge in [-0.15, -0.1) is 10.2 Å². The van der Waals surface area contributed by atoms with E-state index in [1.165, 1.54) is 0 Å². The molecule has 25 heavy (non-hydrogen) atoms. The molecule has 3 aromatic rings. The molecule has 0 radical (unpaired) electrons. The third kappa shape index (κ3) is 3.91. The number of rotatable bonds is 6. The van der Waals surface area contributed by atoms with Crippen LogP contribution in [0.25, 0.3) is 0 Å². The van der Waals surface area contributed by atoms with E-state index >= 15 is 0 Å². The highest BCUT2D eigenvalue weighted by Gasteiger charge is 2.26. The molecule has 1 heterocycles. The molecule has 3 rings (SSSR count). The Morgan fingerprint density at radius 3 is 2.52 bits per heavy atom. The van der Waals surface area contributed by atoms with Gasteiger partial charge in [0, 0.05) is 5.69 Å². The first-order valence-corrected chi connectivity index (χ1v) is 8.35. The van der Waals surface area contributed by atoms with Crippen molar-refractivity contribution in [2.75, 3.05) is 5.32 Å². The minimum Gasteiger partial charge on any atom is -0.325 e. The molecule has 128 valence electrons. The predicted octanol–water partition coefficient (Wildman–Crippen LogP) is 3.04. The van der Waals surface area contributed by atoms with E-state index in [1.54, 1.807) is 0 Å². The van der Waals surface area contributed by atoms with Crippen LogP contribution in [0.4, 0.5) is 5.69 Å². The predicted molar refractivity (Wildman–Crippen MR) is 96.3 cm³/mol. The first-order valence-electron chi connectivity index (χ1n) is 8.35. The standard InChI is InChI=1S/C19H21N5O/c1-3-14-9-6-7-11-17(14)20-19(25)16(18-21-23-24-22-18)12-15-10-5-4-8-13(15)2/h4-11,16H,3,12H2,1-2H3,(H,20,25)(H,21,22,23,24). The van der Waals surface area contributed by atoms with Crippen LogP contribution in [0.3, 0.4) is 0 Å². The number of hydrogen-bond acceptors (Lipinski definition) is 4. The van der Waals surface area contributed by atoms with Gasteiger partial charge in [0.1, 0.15) is 5.92 Å². The molecule has 2 N–H and O–H groups in total. The van der Waals surface area contributed by atoms with E-state index in [-0.39, 0.29) is 5.91 Å².